The Labute approximate surface area is 141 Å². The average molecular weight is 325 g/mol. The Morgan fingerprint density at radius 3 is 2.22 bits per heavy atom. The van der Waals surface area contributed by atoms with Crippen molar-refractivity contribution in [2.45, 2.75) is 52.0 Å². The van der Waals surface area contributed by atoms with Crippen LogP contribution in [-0.2, 0) is 4.79 Å². The molecule has 0 aromatic heterocycles. The molecule has 0 bridgehead atoms. The van der Waals surface area contributed by atoms with Gasteiger partial charge in [-0.25, -0.2) is 0 Å². The quantitative estimate of drug-likeness (QED) is 0.739. The van der Waals surface area contributed by atoms with Gasteiger partial charge >= 0.3 is 5.97 Å². The summed E-state index contributed by atoms with van der Waals surface area (Å²) in [7, 11) is 0. The summed E-state index contributed by atoms with van der Waals surface area (Å²) < 4.78 is 0. The van der Waals surface area contributed by atoms with Crippen LogP contribution in [-0.4, -0.2) is 84.2 Å². The molecule has 2 aliphatic heterocycles. The second-order valence-corrected chi connectivity index (χ2v) is 7.14. The summed E-state index contributed by atoms with van der Waals surface area (Å²) in [6, 6.07) is 0.229. The summed E-state index contributed by atoms with van der Waals surface area (Å²) in [6.07, 6.45) is 5.40. The van der Waals surface area contributed by atoms with Crippen LogP contribution in [0.5, 0.6) is 0 Å². The first-order valence-corrected chi connectivity index (χ1v) is 9.57. The number of hydrogen-bond donors (Lipinski definition) is 1. The lowest BCUT2D eigenvalue weighted by Crippen LogP contribution is -2.52. The van der Waals surface area contributed by atoms with Gasteiger partial charge in [-0.3, -0.25) is 14.6 Å². The van der Waals surface area contributed by atoms with Crippen LogP contribution in [0.4, 0.5) is 0 Å². The van der Waals surface area contributed by atoms with E-state index in [9.17, 15) is 9.90 Å². The molecule has 0 aromatic carbocycles. The van der Waals surface area contributed by atoms with E-state index in [4.69, 9.17) is 0 Å². The second kappa shape index (κ2) is 9.60. The van der Waals surface area contributed by atoms with Crippen molar-refractivity contribution in [3.05, 3.63) is 0 Å². The molecule has 5 heteroatoms. The highest BCUT2D eigenvalue weighted by Gasteiger charge is 2.34. The summed E-state index contributed by atoms with van der Waals surface area (Å²) in [5.41, 5.74) is 0. The average Bonchev–Trinajstić information content (AvgIpc) is 2.58. The molecule has 2 fully saturated rings. The minimum absolute atomic E-state index is 0.167. The van der Waals surface area contributed by atoms with Gasteiger partial charge in [0.1, 0.15) is 0 Å². The van der Waals surface area contributed by atoms with Crippen LogP contribution >= 0.6 is 0 Å². The summed E-state index contributed by atoms with van der Waals surface area (Å²) in [6.45, 7) is 13.5. The molecule has 2 rings (SSSR count). The van der Waals surface area contributed by atoms with E-state index in [-0.39, 0.29) is 12.0 Å². The lowest BCUT2D eigenvalue weighted by molar-refractivity contribution is -0.146. The van der Waals surface area contributed by atoms with Crippen LogP contribution < -0.4 is 0 Å². The molecule has 2 aliphatic rings. The van der Waals surface area contributed by atoms with E-state index >= 15 is 0 Å². The van der Waals surface area contributed by atoms with Crippen molar-refractivity contribution in [1.82, 2.24) is 14.7 Å². The predicted molar refractivity (Wildman–Crippen MR) is 93.8 cm³/mol. The molecule has 0 spiro atoms. The molecule has 2 saturated heterocycles. The number of carbonyl (C=O) groups is 1. The van der Waals surface area contributed by atoms with E-state index in [0.717, 1.165) is 52.0 Å². The Kier molecular flexibility index (Phi) is 7.80. The van der Waals surface area contributed by atoms with Crippen LogP contribution in [0.3, 0.4) is 0 Å². The molecule has 0 saturated carbocycles. The fourth-order valence-corrected chi connectivity index (χ4v) is 4.12. The Morgan fingerprint density at radius 2 is 1.65 bits per heavy atom. The molecular weight excluding hydrogens is 290 g/mol. The van der Waals surface area contributed by atoms with Crippen LogP contribution in [0.1, 0.15) is 46.0 Å². The van der Waals surface area contributed by atoms with Gasteiger partial charge in [0, 0.05) is 45.3 Å². The van der Waals surface area contributed by atoms with Gasteiger partial charge in [0.05, 0.1) is 5.92 Å². The van der Waals surface area contributed by atoms with E-state index < -0.39 is 5.97 Å². The van der Waals surface area contributed by atoms with E-state index in [0.29, 0.717) is 0 Å². The SMILES string of the molecule is CCCCN1CCN(CCN2CCCC(C(=O)O)C2CC)CC1. The number of aliphatic carboxylic acids is 1. The first-order chi connectivity index (χ1) is 11.2. The molecule has 2 heterocycles. The Bertz CT molecular complexity index is 356. The van der Waals surface area contributed by atoms with E-state index in [1.165, 1.54) is 32.5 Å². The topological polar surface area (TPSA) is 47.0 Å². The Balaban J connectivity index is 1.74. The first kappa shape index (κ1) is 18.7. The van der Waals surface area contributed by atoms with Crippen LogP contribution in [0.2, 0.25) is 0 Å². The van der Waals surface area contributed by atoms with Crippen LogP contribution in [0, 0.1) is 5.92 Å². The molecule has 2 atom stereocenters. The maximum absolute atomic E-state index is 11.5. The van der Waals surface area contributed by atoms with Gasteiger partial charge in [-0.2, -0.15) is 0 Å². The summed E-state index contributed by atoms with van der Waals surface area (Å²) in [4.78, 5) is 19.0. The molecule has 0 radical (unpaired) electrons. The number of piperidine rings is 1. The summed E-state index contributed by atoms with van der Waals surface area (Å²) in [5.74, 6) is -0.772. The second-order valence-electron chi connectivity index (χ2n) is 7.14. The number of rotatable bonds is 8. The summed E-state index contributed by atoms with van der Waals surface area (Å²) in [5, 5.41) is 9.43. The van der Waals surface area contributed by atoms with Gasteiger partial charge in [-0.1, -0.05) is 20.3 Å². The maximum atomic E-state index is 11.5. The number of carboxylic acids is 1. The first-order valence-electron chi connectivity index (χ1n) is 9.57. The third-order valence-electron chi connectivity index (χ3n) is 5.63. The Morgan fingerprint density at radius 1 is 1.00 bits per heavy atom. The highest BCUT2D eigenvalue weighted by atomic mass is 16.4. The normalized spacial score (nSPS) is 28.1. The van der Waals surface area contributed by atoms with E-state index in [2.05, 4.69) is 28.5 Å². The molecule has 5 nitrogen and oxygen atoms in total. The number of piperazine rings is 1. The van der Waals surface area contributed by atoms with Crippen molar-refractivity contribution >= 4 is 5.97 Å². The van der Waals surface area contributed by atoms with Gasteiger partial charge in [0.25, 0.3) is 0 Å². The number of likely N-dealkylation sites (tertiary alicyclic amines) is 1. The van der Waals surface area contributed by atoms with Crippen molar-refractivity contribution in [3.63, 3.8) is 0 Å². The molecule has 2 unspecified atom stereocenters. The zero-order chi connectivity index (χ0) is 16.7. The lowest BCUT2D eigenvalue weighted by Gasteiger charge is -2.41. The smallest absolute Gasteiger partial charge is 0.308 e. The third kappa shape index (κ3) is 5.44. The van der Waals surface area contributed by atoms with E-state index in [1.54, 1.807) is 0 Å². The predicted octanol–water partition coefficient (Wildman–Crippen LogP) is 1.98. The zero-order valence-electron chi connectivity index (χ0n) is 15.0. The molecule has 23 heavy (non-hydrogen) atoms. The van der Waals surface area contributed by atoms with Crippen LogP contribution in [0.15, 0.2) is 0 Å². The number of hydrogen-bond acceptors (Lipinski definition) is 4. The standard InChI is InChI=1S/C18H35N3O2/c1-3-5-8-19-10-12-20(13-11-19)14-15-21-9-6-7-16(18(22)23)17(21)4-2/h16-17H,3-15H2,1-2H3,(H,22,23). The van der Waals surface area contributed by atoms with Crippen molar-refractivity contribution in [2.24, 2.45) is 5.92 Å². The largest absolute Gasteiger partial charge is 0.481 e. The highest BCUT2D eigenvalue weighted by Crippen LogP contribution is 2.26. The van der Waals surface area contributed by atoms with Gasteiger partial charge in [0.15, 0.2) is 0 Å². The van der Waals surface area contributed by atoms with Crippen molar-refractivity contribution in [3.8, 4) is 0 Å². The third-order valence-corrected chi connectivity index (χ3v) is 5.63. The van der Waals surface area contributed by atoms with E-state index in [1.807, 2.05) is 0 Å². The minimum Gasteiger partial charge on any atom is -0.481 e. The molecule has 1 N–H and O–H groups in total. The van der Waals surface area contributed by atoms with Crippen molar-refractivity contribution in [2.75, 3.05) is 52.4 Å². The number of carboxylic acid groups (broad SMARTS) is 1. The van der Waals surface area contributed by atoms with Gasteiger partial charge < -0.3 is 10.0 Å². The maximum Gasteiger partial charge on any atom is 0.308 e. The minimum atomic E-state index is -0.605. The number of unbranched alkanes of at least 4 members (excludes halogenated alkanes) is 1. The molecule has 0 aromatic rings. The van der Waals surface area contributed by atoms with Crippen LogP contribution in [0.25, 0.3) is 0 Å². The fourth-order valence-electron chi connectivity index (χ4n) is 4.12. The molecule has 0 aliphatic carbocycles. The summed E-state index contributed by atoms with van der Waals surface area (Å²) >= 11 is 0. The lowest BCUT2D eigenvalue weighted by atomic mass is 9.87. The highest BCUT2D eigenvalue weighted by molar-refractivity contribution is 5.71. The number of nitrogens with zero attached hydrogens (tertiary/aromatic N) is 3. The van der Waals surface area contributed by atoms with Gasteiger partial charge in [0.2, 0.25) is 0 Å². The van der Waals surface area contributed by atoms with Gasteiger partial charge in [-0.15, -0.1) is 0 Å². The van der Waals surface area contributed by atoms with Crippen molar-refractivity contribution in [1.29, 1.82) is 0 Å². The molecule has 0 amide bonds. The van der Waals surface area contributed by atoms with Crippen molar-refractivity contribution < 1.29 is 9.90 Å². The van der Waals surface area contributed by atoms with Gasteiger partial charge in [-0.05, 0) is 38.8 Å². The molecular formula is C18H35N3O2. The Hall–Kier alpha value is -0.650. The zero-order valence-corrected chi connectivity index (χ0v) is 15.0. The monoisotopic (exact) mass is 325 g/mol. The fraction of sp³-hybridized carbons (Fsp3) is 0.944. The molecule has 134 valence electrons.